The zero-order valence-corrected chi connectivity index (χ0v) is 9.84. The Morgan fingerprint density at radius 3 is 2.68 bits per heavy atom. The molecule has 7 nitrogen and oxygen atoms in total. The molecule has 1 fully saturated rings. The van der Waals surface area contributed by atoms with Crippen molar-refractivity contribution in [3.05, 3.63) is 23.8 Å². The summed E-state index contributed by atoms with van der Waals surface area (Å²) in [6, 6.07) is 2.92. The number of aromatic hydroxyl groups is 1. The zero-order valence-electron chi connectivity index (χ0n) is 9.84. The molecule has 1 aromatic rings. The molecule has 0 radical (unpaired) electrons. The van der Waals surface area contributed by atoms with Crippen LogP contribution in [0.5, 0.6) is 5.75 Å². The Kier molecular flexibility index (Phi) is 3.37. The van der Waals surface area contributed by atoms with Crippen LogP contribution in [-0.2, 0) is 9.59 Å². The first-order valence-corrected chi connectivity index (χ1v) is 5.64. The summed E-state index contributed by atoms with van der Waals surface area (Å²) in [5, 5.41) is 23.3. The Morgan fingerprint density at radius 2 is 2.11 bits per heavy atom. The van der Waals surface area contributed by atoms with Gasteiger partial charge in [0.05, 0.1) is 11.3 Å². The summed E-state index contributed by atoms with van der Waals surface area (Å²) in [7, 11) is 0. The van der Waals surface area contributed by atoms with Gasteiger partial charge in [0.15, 0.2) is 0 Å². The highest BCUT2D eigenvalue weighted by Gasteiger charge is 2.27. The number of benzene rings is 1. The van der Waals surface area contributed by atoms with Crippen LogP contribution in [0.2, 0.25) is 0 Å². The van der Waals surface area contributed by atoms with E-state index in [-0.39, 0.29) is 29.3 Å². The van der Waals surface area contributed by atoms with Crippen LogP contribution in [0.25, 0.3) is 0 Å². The van der Waals surface area contributed by atoms with Crippen LogP contribution in [0.1, 0.15) is 23.2 Å². The lowest BCUT2D eigenvalue weighted by Crippen LogP contribution is -2.37. The van der Waals surface area contributed by atoms with Crippen LogP contribution in [0.4, 0.5) is 5.69 Å². The first kappa shape index (κ1) is 12.9. The Labute approximate surface area is 108 Å². The monoisotopic (exact) mass is 264 g/mol. The molecule has 0 unspecified atom stereocenters. The van der Waals surface area contributed by atoms with Crippen LogP contribution < -0.4 is 10.6 Å². The second-order valence-corrected chi connectivity index (χ2v) is 4.19. The molecule has 1 saturated heterocycles. The van der Waals surface area contributed by atoms with Crippen molar-refractivity contribution in [2.75, 3.05) is 5.32 Å². The van der Waals surface area contributed by atoms with E-state index >= 15 is 0 Å². The van der Waals surface area contributed by atoms with Gasteiger partial charge in [-0.05, 0) is 24.6 Å². The van der Waals surface area contributed by atoms with E-state index in [1.54, 1.807) is 0 Å². The minimum absolute atomic E-state index is 0.00560. The molecule has 1 aliphatic rings. The largest absolute Gasteiger partial charge is 0.506 e. The van der Waals surface area contributed by atoms with E-state index < -0.39 is 17.9 Å². The van der Waals surface area contributed by atoms with Gasteiger partial charge in [-0.25, -0.2) is 4.79 Å². The number of carboxylic acids is 1. The van der Waals surface area contributed by atoms with Crippen molar-refractivity contribution >= 4 is 23.5 Å². The summed E-state index contributed by atoms with van der Waals surface area (Å²) in [6.45, 7) is 0. The van der Waals surface area contributed by atoms with E-state index in [9.17, 15) is 19.5 Å². The topological polar surface area (TPSA) is 116 Å². The van der Waals surface area contributed by atoms with Crippen LogP contribution in [0.3, 0.4) is 0 Å². The van der Waals surface area contributed by atoms with Gasteiger partial charge in [-0.2, -0.15) is 0 Å². The molecular formula is C12H12N2O5. The summed E-state index contributed by atoms with van der Waals surface area (Å²) >= 11 is 0. The van der Waals surface area contributed by atoms with Gasteiger partial charge in [-0.15, -0.1) is 0 Å². The molecule has 100 valence electrons. The highest BCUT2D eigenvalue weighted by Crippen LogP contribution is 2.25. The fourth-order valence-electron chi connectivity index (χ4n) is 1.80. The number of nitrogens with one attached hydrogen (secondary N) is 2. The predicted molar refractivity (Wildman–Crippen MR) is 64.9 cm³/mol. The molecule has 0 aromatic heterocycles. The van der Waals surface area contributed by atoms with Crippen LogP contribution in [0, 0.1) is 0 Å². The van der Waals surface area contributed by atoms with E-state index in [0.717, 1.165) is 6.07 Å². The van der Waals surface area contributed by atoms with Crippen LogP contribution in [-0.4, -0.2) is 34.0 Å². The number of carbonyl (C=O) groups excluding carboxylic acids is 2. The number of hydrogen-bond acceptors (Lipinski definition) is 4. The van der Waals surface area contributed by atoms with Gasteiger partial charge in [0.2, 0.25) is 11.8 Å². The number of amides is 2. The molecule has 1 atom stereocenters. The Bertz CT molecular complexity index is 555. The molecule has 2 amide bonds. The van der Waals surface area contributed by atoms with Gasteiger partial charge < -0.3 is 20.8 Å². The van der Waals surface area contributed by atoms with Crippen molar-refractivity contribution in [3.8, 4) is 5.75 Å². The third kappa shape index (κ3) is 2.82. The van der Waals surface area contributed by atoms with E-state index in [1.165, 1.54) is 12.1 Å². The van der Waals surface area contributed by atoms with Gasteiger partial charge in [-0.3, -0.25) is 9.59 Å². The van der Waals surface area contributed by atoms with Crippen LogP contribution in [0.15, 0.2) is 18.2 Å². The molecule has 19 heavy (non-hydrogen) atoms. The number of aromatic carboxylic acids is 1. The summed E-state index contributed by atoms with van der Waals surface area (Å²) in [5.41, 5.74) is -0.0467. The second kappa shape index (κ2) is 4.97. The van der Waals surface area contributed by atoms with Gasteiger partial charge in [0.1, 0.15) is 11.8 Å². The third-order valence-electron chi connectivity index (χ3n) is 2.81. The molecule has 2 rings (SSSR count). The normalized spacial score (nSPS) is 17.9. The van der Waals surface area contributed by atoms with Gasteiger partial charge in [0.25, 0.3) is 0 Å². The van der Waals surface area contributed by atoms with E-state index in [1.807, 2.05) is 0 Å². The summed E-state index contributed by atoms with van der Waals surface area (Å²) in [6.07, 6.45) is 0.656. The maximum absolute atomic E-state index is 11.8. The number of anilines is 1. The fourth-order valence-corrected chi connectivity index (χ4v) is 1.80. The molecule has 1 heterocycles. The first-order chi connectivity index (χ1) is 8.97. The van der Waals surface area contributed by atoms with Crippen molar-refractivity contribution < 1.29 is 24.6 Å². The molecule has 4 N–H and O–H groups in total. The SMILES string of the molecule is O=C1CC[C@@H](C(=O)Nc2cc(C(=O)O)ccc2O)N1. The molecule has 0 saturated carbocycles. The zero-order chi connectivity index (χ0) is 14.0. The standard InChI is InChI=1S/C12H12N2O5/c15-9-3-1-6(12(18)19)5-8(9)14-11(17)7-2-4-10(16)13-7/h1,3,5,7,15H,2,4H2,(H,13,16)(H,14,17)(H,18,19)/t7-/m0/s1. The maximum Gasteiger partial charge on any atom is 0.335 e. The Balaban J connectivity index is 2.14. The summed E-state index contributed by atoms with van der Waals surface area (Å²) < 4.78 is 0. The maximum atomic E-state index is 11.8. The van der Waals surface area contributed by atoms with Crippen molar-refractivity contribution in [3.63, 3.8) is 0 Å². The quantitative estimate of drug-likeness (QED) is 0.586. The number of phenolic OH excluding ortho intramolecular Hbond substituents is 1. The number of hydrogen-bond donors (Lipinski definition) is 4. The number of phenols is 1. The van der Waals surface area contributed by atoms with E-state index in [0.29, 0.717) is 6.42 Å². The summed E-state index contributed by atoms with van der Waals surface area (Å²) in [5.74, 6) is -2.08. The van der Waals surface area contributed by atoms with E-state index in [4.69, 9.17) is 5.11 Å². The molecule has 1 aliphatic heterocycles. The fraction of sp³-hybridized carbons (Fsp3) is 0.250. The average molecular weight is 264 g/mol. The molecule has 0 aliphatic carbocycles. The van der Waals surface area contributed by atoms with Crippen molar-refractivity contribution in [1.29, 1.82) is 0 Å². The van der Waals surface area contributed by atoms with Gasteiger partial charge in [-0.1, -0.05) is 0 Å². The molecular weight excluding hydrogens is 252 g/mol. The molecule has 7 heteroatoms. The lowest BCUT2D eigenvalue weighted by atomic mass is 10.1. The van der Waals surface area contributed by atoms with Crippen LogP contribution >= 0.6 is 0 Å². The third-order valence-corrected chi connectivity index (χ3v) is 2.81. The number of carboxylic acid groups (broad SMARTS) is 1. The molecule has 0 bridgehead atoms. The average Bonchev–Trinajstić information content (AvgIpc) is 2.78. The van der Waals surface area contributed by atoms with Crippen molar-refractivity contribution in [1.82, 2.24) is 5.32 Å². The van der Waals surface area contributed by atoms with Crippen molar-refractivity contribution in [2.45, 2.75) is 18.9 Å². The lowest BCUT2D eigenvalue weighted by Gasteiger charge is -2.12. The van der Waals surface area contributed by atoms with E-state index in [2.05, 4.69) is 10.6 Å². The first-order valence-electron chi connectivity index (χ1n) is 5.64. The second-order valence-electron chi connectivity index (χ2n) is 4.19. The smallest absolute Gasteiger partial charge is 0.335 e. The Morgan fingerprint density at radius 1 is 1.37 bits per heavy atom. The number of carbonyl (C=O) groups is 3. The Hall–Kier alpha value is -2.57. The minimum atomic E-state index is -1.16. The molecule has 1 aromatic carbocycles. The predicted octanol–water partition coefficient (Wildman–Crippen LogP) is 0.308. The van der Waals surface area contributed by atoms with Gasteiger partial charge >= 0.3 is 5.97 Å². The highest BCUT2D eigenvalue weighted by molar-refractivity contribution is 6.00. The lowest BCUT2D eigenvalue weighted by molar-refractivity contribution is -0.122. The van der Waals surface area contributed by atoms with Crippen molar-refractivity contribution in [2.24, 2.45) is 0 Å². The highest BCUT2D eigenvalue weighted by atomic mass is 16.4. The van der Waals surface area contributed by atoms with Gasteiger partial charge in [0, 0.05) is 6.42 Å². The summed E-state index contributed by atoms with van der Waals surface area (Å²) in [4.78, 5) is 33.6. The number of rotatable bonds is 3. The molecule has 0 spiro atoms. The minimum Gasteiger partial charge on any atom is -0.506 e.